The second-order valence-electron chi connectivity index (χ2n) is 5.53. The molecule has 0 aliphatic rings. The molecule has 5 nitrogen and oxygen atoms in total. The number of hydrogen-bond acceptors (Lipinski definition) is 3. The van der Waals surface area contributed by atoms with Crippen LogP contribution in [-0.2, 0) is 9.59 Å². The van der Waals surface area contributed by atoms with Gasteiger partial charge in [-0.05, 0) is 71.7 Å². The molecule has 0 bridgehead atoms. The van der Waals surface area contributed by atoms with Crippen molar-refractivity contribution < 1.29 is 14.3 Å². The number of aryl methyl sites for hydroxylation is 1. The smallest absolute Gasteiger partial charge is 0.265 e. The summed E-state index contributed by atoms with van der Waals surface area (Å²) >= 11 is 9.24. The number of rotatable bonds is 5. The van der Waals surface area contributed by atoms with Crippen molar-refractivity contribution in [3.63, 3.8) is 0 Å². The molecule has 0 aromatic heterocycles. The van der Waals surface area contributed by atoms with Gasteiger partial charge in [-0.2, -0.15) is 0 Å². The van der Waals surface area contributed by atoms with Gasteiger partial charge in [-0.3, -0.25) is 9.59 Å². The molecular formula is C18H18BrClN2O3. The van der Waals surface area contributed by atoms with Gasteiger partial charge in [0.25, 0.3) is 5.91 Å². The summed E-state index contributed by atoms with van der Waals surface area (Å²) in [6, 6.07) is 10.3. The van der Waals surface area contributed by atoms with E-state index in [-0.39, 0.29) is 11.8 Å². The van der Waals surface area contributed by atoms with E-state index >= 15 is 0 Å². The molecule has 2 aromatic rings. The zero-order valence-electron chi connectivity index (χ0n) is 14.0. The zero-order chi connectivity index (χ0) is 18.6. The number of hydrogen-bond donors (Lipinski definition) is 2. The Morgan fingerprint density at radius 3 is 2.48 bits per heavy atom. The van der Waals surface area contributed by atoms with Gasteiger partial charge < -0.3 is 15.4 Å². The molecule has 0 heterocycles. The zero-order valence-corrected chi connectivity index (χ0v) is 16.4. The number of carbonyl (C=O) groups excluding carboxylic acids is 2. The number of anilines is 2. The monoisotopic (exact) mass is 424 g/mol. The van der Waals surface area contributed by atoms with Crippen molar-refractivity contribution >= 4 is 50.7 Å². The Hall–Kier alpha value is -2.05. The fourth-order valence-electron chi connectivity index (χ4n) is 2.13. The van der Waals surface area contributed by atoms with E-state index in [1.807, 2.05) is 6.92 Å². The van der Waals surface area contributed by atoms with Crippen molar-refractivity contribution in [2.24, 2.45) is 0 Å². The van der Waals surface area contributed by atoms with Crippen molar-refractivity contribution in [1.82, 2.24) is 0 Å². The topological polar surface area (TPSA) is 67.4 Å². The lowest BCUT2D eigenvalue weighted by molar-refractivity contribution is -0.122. The van der Waals surface area contributed by atoms with Gasteiger partial charge in [0.15, 0.2) is 6.10 Å². The Labute approximate surface area is 159 Å². The largest absolute Gasteiger partial charge is 0.480 e. The molecule has 0 saturated carbocycles. The summed E-state index contributed by atoms with van der Waals surface area (Å²) in [7, 11) is 0. The highest BCUT2D eigenvalue weighted by atomic mass is 79.9. The van der Waals surface area contributed by atoms with Crippen LogP contribution in [0.4, 0.5) is 11.4 Å². The SMILES string of the molecule is CC(=O)Nc1ccc(NC(=O)[C@H](C)Oc2ccc(Cl)cc2Br)cc1C. The molecule has 0 unspecified atom stereocenters. The highest BCUT2D eigenvalue weighted by molar-refractivity contribution is 9.10. The first-order chi connectivity index (χ1) is 11.8. The molecule has 0 aliphatic heterocycles. The molecule has 2 N–H and O–H groups in total. The maximum atomic E-state index is 12.3. The minimum Gasteiger partial charge on any atom is -0.480 e. The fourth-order valence-corrected chi connectivity index (χ4v) is 2.91. The van der Waals surface area contributed by atoms with Gasteiger partial charge in [-0.1, -0.05) is 11.6 Å². The van der Waals surface area contributed by atoms with Gasteiger partial charge in [-0.15, -0.1) is 0 Å². The Bertz CT molecular complexity index is 811. The number of ether oxygens (including phenoxy) is 1. The third-order valence-corrected chi connectivity index (χ3v) is 4.23. The first-order valence-corrected chi connectivity index (χ1v) is 8.74. The third-order valence-electron chi connectivity index (χ3n) is 3.37. The van der Waals surface area contributed by atoms with Gasteiger partial charge in [0.05, 0.1) is 4.47 Å². The molecule has 0 fully saturated rings. The highest BCUT2D eigenvalue weighted by Gasteiger charge is 2.16. The lowest BCUT2D eigenvalue weighted by Crippen LogP contribution is -2.30. The van der Waals surface area contributed by atoms with Crippen molar-refractivity contribution in [1.29, 1.82) is 0 Å². The number of halogens is 2. The van der Waals surface area contributed by atoms with Gasteiger partial charge in [0, 0.05) is 23.3 Å². The van der Waals surface area contributed by atoms with E-state index in [1.54, 1.807) is 43.3 Å². The lowest BCUT2D eigenvalue weighted by atomic mass is 10.1. The summed E-state index contributed by atoms with van der Waals surface area (Å²) in [5, 5.41) is 6.10. The van der Waals surface area contributed by atoms with Gasteiger partial charge >= 0.3 is 0 Å². The van der Waals surface area contributed by atoms with Crippen LogP contribution in [0.1, 0.15) is 19.4 Å². The van der Waals surface area contributed by atoms with Crippen LogP contribution in [0.3, 0.4) is 0 Å². The van der Waals surface area contributed by atoms with E-state index in [9.17, 15) is 9.59 Å². The molecule has 25 heavy (non-hydrogen) atoms. The van der Waals surface area contributed by atoms with Crippen molar-refractivity contribution in [3.8, 4) is 5.75 Å². The van der Waals surface area contributed by atoms with E-state index in [4.69, 9.17) is 16.3 Å². The van der Waals surface area contributed by atoms with E-state index < -0.39 is 6.10 Å². The molecule has 2 rings (SSSR count). The maximum absolute atomic E-state index is 12.3. The predicted octanol–water partition coefficient (Wildman–Crippen LogP) is 4.78. The van der Waals surface area contributed by atoms with E-state index in [1.165, 1.54) is 6.92 Å². The third kappa shape index (κ3) is 5.47. The molecule has 1 atom stereocenters. The molecule has 0 radical (unpaired) electrons. The molecular weight excluding hydrogens is 408 g/mol. The van der Waals surface area contributed by atoms with Crippen LogP contribution in [-0.4, -0.2) is 17.9 Å². The summed E-state index contributed by atoms with van der Waals surface area (Å²) in [5.74, 6) is 0.105. The number of nitrogens with one attached hydrogen (secondary N) is 2. The first kappa shape index (κ1) is 19.3. The van der Waals surface area contributed by atoms with Crippen LogP contribution >= 0.6 is 27.5 Å². The minimum absolute atomic E-state index is 0.143. The van der Waals surface area contributed by atoms with Crippen molar-refractivity contribution in [2.45, 2.75) is 26.9 Å². The van der Waals surface area contributed by atoms with Crippen LogP contribution < -0.4 is 15.4 Å². The van der Waals surface area contributed by atoms with E-state index in [0.29, 0.717) is 26.6 Å². The minimum atomic E-state index is -0.701. The number of carbonyl (C=O) groups is 2. The Balaban J connectivity index is 2.03. The maximum Gasteiger partial charge on any atom is 0.265 e. The van der Waals surface area contributed by atoms with Gasteiger partial charge in [-0.25, -0.2) is 0 Å². The standard InChI is InChI=1S/C18H18BrClN2O3/c1-10-8-14(5-6-16(10)21-12(3)23)22-18(24)11(2)25-17-7-4-13(20)9-15(17)19/h4-9,11H,1-3H3,(H,21,23)(H,22,24)/t11-/m0/s1. The second kappa shape index (κ2) is 8.36. The Morgan fingerprint density at radius 1 is 1.16 bits per heavy atom. The average molecular weight is 426 g/mol. The molecule has 7 heteroatoms. The van der Waals surface area contributed by atoms with Crippen LogP contribution in [0.5, 0.6) is 5.75 Å². The van der Waals surface area contributed by atoms with Crippen LogP contribution in [0, 0.1) is 6.92 Å². The Kier molecular flexibility index (Phi) is 6.45. The fraction of sp³-hybridized carbons (Fsp3) is 0.222. The first-order valence-electron chi connectivity index (χ1n) is 7.57. The summed E-state index contributed by atoms with van der Waals surface area (Å²) in [6.07, 6.45) is -0.701. The summed E-state index contributed by atoms with van der Waals surface area (Å²) in [6.45, 7) is 4.96. The normalized spacial score (nSPS) is 11.6. The predicted molar refractivity (Wildman–Crippen MR) is 103 cm³/mol. The quantitative estimate of drug-likeness (QED) is 0.725. The van der Waals surface area contributed by atoms with Crippen molar-refractivity contribution in [3.05, 3.63) is 51.5 Å². The van der Waals surface area contributed by atoms with Crippen LogP contribution in [0.2, 0.25) is 5.02 Å². The highest BCUT2D eigenvalue weighted by Crippen LogP contribution is 2.29. The van der Waals surface area contributed by atoms with E-state index in [2.05, 4.69) is 26.6 Å². The number of benzene rings is 2. The molecule has 0 saturated heterocycles. The second-order valence-corrected chi connectivity index (χ2v) is 6.83. The van der Waals surface area contributed by atoms with Crippen LogP contribution in [0.25, 0.3) is 0 Å². The summed E-state index contributed by atoms with van der Waals surface area (Å²) in [5.41, 5.74) is 2.18. The molecule has 2 amide bonds. The number of amides is 2. The van der Waals surface area contributed by atoms with E-state index in [0.717, 1.165) is 5.56 Å². The molecule has 132 valence electrons. The van der Waals surface area contributed by atoms with Gasteiger partial charge in [0.2, 0.25) is 5.91 Å². The lowest BCUT2D eigenvalue weighted by Gasteiger charge is -2.16. The molecule has 0 aliphatic carbocycles. The molecule has 0 spiro atoms. The molecule has 2 aromatic carbocycles. The van der Waals surface area contributed by atoms with Crippen LogP contribution in [0.15, 0.2) is 40.9 Å². The average Bonchev–Trinajstić information content (AvgIpc) is 2.52. The Morgan fingerprint density at radius 2 is 1.88 bits per heavy atom. The summed E-state index contributed by atoms with van der Waals surface area (Å²) < 4.78 is 6.34. The van der Waals surface area contributed by atoms with Gasteiger partial charge in [0.1, 0.15) is 5.75 Å². The van der Waals surface area contributed by atoms with Crippen molar-refractivity contribution in [2.75, 3.05) is 10.6 Å². The summed E-state index contributed by atoms with van der Waals surface area (Å²) in [4.78, 5) is 23.5.